The largest absolute Gasteiger partial charge is 0.465 e. The van der Waals surface area contributed by atoms with E-state index in [0.29, 0.717) is 0 Å². The maximum Gasteiger partial charge on any atom is 0.409 e. The van der Waals surface area contributed by atoms with Gasteiger partial charge in [-0.15, -0.1) is 5.10 Å². The summed E-state index contributed by atoms with van der Waals surface area (Å²) < 4.78 is 14.6. The van der Waals surface area contributed by atoms with E-state index < -0.39 is 11.9 Å². The molecule has 0 bridgehead atoms. The lowest BCUT2D eigenvalue weighted by Gasteiger charge is -2.03. The van der Waals surface area contributed by atoms with Crippen LogP contribution in [0.15, 0.2) is 24.7 Å². The Morgan fingerprint density at radius 1 is 1.56 bits per heavy atom. The second kappa shape index (κ2) is 3.93. The Morgan fingerprint density at radius 2 is 2.38 bits per heavy atom. The zero-order valence-electron chi connectivity index (χ0n) is 7.83. The summed E-state index contributed by atoms with van der Waals surface area (Å²) in [5.74, 6) is -0.745. The standard InChI is InChI=1S/C8H6FN5O2/c9-6-3-5(12-8(15)16)4-10-7(6)14-2-1-11-13-14/h1-4,12H,(H,15,16). The van der Waals surface area contributed by atoms with E-state index in [1.807, 2.05) is 5.32 Å². The number of nitrogens with zero attached hydrogens (tertiary/aromatic N) is 4. The molecule has 0 aliphatic rings. The van der Waals surface area contributed by atoms with E-state index in [0.717, 1.165) is 10.7 Å². The van der Waals surface area contributed by atoms with Crippen molar-refractivity contribution in [2.45, 2.75) is 0 Å². The number of pyridine rings is 1. The molecular weight excluding hydrogens is 217 g/mol. The minimum atomic E-state index is -1.28. The lowest BCUT2D eigenvalue weighted by Crippen LogP contribution is -2.09. The van der Waals surface area contributed by atoms with Gasteiger partial charge in [0.1, 0.15) is 0 Å². The van der Waals surface area contributed by atoms with Crippen LogP contribution in [0.1, 0.15) is 0 Å². The fourth-order valence-corrected chi connectivity index (χ4v) is 1.11. The third kappa shape index (κ3) is 1.95. The van der Waals surface area contributed by atoms with Gasteiger partial charge in [0.05, 0.1) is 24.3 Å². The maximum atomic E-state index is 13.5. The topological polar surface area (TPSA) is 92.9 Å². The molecule has 2 rings (SSSR count). The molecule has 16 heavy (non-hydrogen) atoms. The zero-order valence-corrected chi connectivity index (χ0v) is 7.83. The minimum Gasteiger partial charge on any atom is -0.465 e. The monoisotopic (exact) mass is 223 g/mol. The number of nitrogens with one attached hydrogen (secondary N) is 1. The molecule has 82 valence electrons. The molecule has 0 aromatic carbocycles. The van der Waals surface area contributed by atoms with Crippen LogP contribution in [0.3, 0.4) is 0 Å². The molecule has 8 heteroatoms. The summed E-state index contributed by atoms with van der Waals surface area (Å²) in [5, 5.41) is 17.5. The van der Waals surface area contributed by atoms with Gasteiger partial charge in [-0.25, -0.2) is 14.2 Å². The van der Waals surface area contributed by atoms with Crippen molar-refractivity contribution in [3.8, 4) is 5.82 Å². The highest BCUT2D eigenvalue weighted by molar-refractivity contribution is 5.82. The SMILES string of the molecule is O=C(O)Nc1cnc(-n2ccnn2)c(F)c1. The number of hydrogen-bond acceptors (Lipinski definition) is 4. The number of anilines is 1. The third-order valence-electron chi connectivity index (χ3n) is 1.71. The van der Waals surface area contributed by atoms with E-state index in [9.17, 15) is 9.18 Å². The highest BCUT2D eigenvalue weighted by atomic mass is 19.1. The Hall–Kier alpha value is -2.51. The van der Waals surface area contributed by atoms with Crippen molar-refractivity contribution >= 4 is 11.8 Å². The predicted octanol–water partition coefficient (Wildman–Crippen LogP) is 0.891. The van der Waals surface area contributed by atoms with Crippen LogP contribution in [0.5, 0.6) is 0 Å². The summed E-state index contributed by atoms with van der Waals surface area (Å²) >= 11 is 0. The van der Waals surface area contributed by atoms with Crippen LogP contribution in [0.4, 0.5) is 14.9 Å². The van der Waals surface area contributed by atoms with Gasteiger partial charge in [0.25, 0.3) is 0 Å². The molecule has 2 heterocycles. The number of carbonyl (C=O) groups is 1. The number of amides is 1. The number of rotatable bonds is 2. The van der Waals surface area contributed by atoms with Gasteiger partial charge in [-0.2, -0.15) is 4.68 Å². The molecule has 0 aliphatic carbocycles. The lowest BCUT2D eigenvalue weighted by atomic mass is 10.4. The fraction of sp³-hybridized carbons (Fsp3) is 0. The summed E-state index contributed by atoms with van der Waals surface area (Å²) in [5.41, 5.74) is 0.0499. The van der Waals surface area contributed by atoms with Crippen LogP contribution < -0.4 is 5.32 Å². The molecule has 0 aliphatic heterocycles. The third-order valence-corrected chi connectivity index (χ3v) is 1.71. The summed E-state index contributed by atoms with van der Waals surface area (Å²) in [6, 6.07) is 1.01. The van der Waals surface area contributed by atoms with Gasteiger partial charge >= 0.3 is 6.09 Å². The highest BCUT2D eigenvalue weighted by Crippen LogP contribution is 2.13. The molecule has 0 saturated heterocycles. The first-order chi connectivity index (χ1) is 7.66. The molecule has 2 aromatic heterocycles. The molecule has 2 N–H and O–H groups in total. The molecule has 0 unspecified atom stereocenters. The molecular formula is C8H6FN5O2. The second-order valence-corrected chi connectivity index (χ2v) is 2.81. The number of carboxylic acid groups (broad SMARTS) is 1. The molecule has 0 saturated carbocycles. The first kappa shape index (κ1) is 10.0. The van der Waals surface area contributed by atoms with E-state index in [-0.39, 0.29) is 11.5 Å². The summed E-state index contributed by atoms with van der Waals surface area (Å²) in [6.45, 7) is 0. The minimum absolute atomic E-state index is 0.0477. The highest BCUT2D eigenvalue weighted by Gasteiger charge is 2.09. The average Bonchev–Trinajstić information content (AvgIpc) is 2.69. The second-order valence-electron chi connectivity index (χ2n) is 2.81. The van der Waals surface area contributed by atoms with Crippen LogP contribution in [-0.2, 0) is 0 Å². The van der Waals surface area contributed by atoms with Crippen molar-refractivity contribution in [3.63, 3.8) is 0 Å². The molecule has 0 fully saturated rings. The van der Waals surface area contributed by atoms with Crippen LogP contribution in [0.2, 0.25) is 0 Å². The normalized spacial score (nSPS) is 10.1. The van der Waals surface area contributed by atoms with Crippen molar-refractivity contribution in [1.29, 1.82) is 0 Å². The Bertz CT molecular complexity index is 513. The van der Waals surface area contributed by atoms with Crippen LogP contribution in [0.25, 0.3) is 5.82 Å². The van der Waals surface area contributed by atoms with E-state index in [1.165, 1.54) is 18.6 Å². The first-order valence-electron chi connectivity index (χ1n) is 4.19. The van der Waals surface area contributed by atoms with Crippen LogP contribution >= 0.6 is 0 Å². The average molecular weight is 223 g/mol. The van der Waals surface area contributed by atoms with Gasteiger partial charge in [0.15, 0.2) is 11.6 Å². The van der Waals surface area contributed by atoms with Gasteiger partial charge in [-0.3, -0.25) is 5.32 Å². The van der Waals surface area contributed by atoms with E-state index in [1.54, 1.807) is 0 Å². The number of aromatic nitrogens is 4. The number of halogens is 1. The zero-order chi connectivity index (χ0) is 11.5. The van der Waals surface area contributed by atoms with E-state index >= 15 is 0 Å². The Labute approximate surface area is 88.5 Å². The maximum absolute atomic E-state index is 13.5. The van der Waals surface area contributed by atoms with Crippen molar-refractivity contribution in [2.24, 2.45) is 0 Å². The van der Waals surface area contributed by atoms with Crippen molar-refractivity contribution in [2.75, 3.05) is 5.32 Å². The molecule has 1 amide bonds. The van der Waals surface area contributed by atoms with Crippen molar-refractivity contribution in [1.82, 2.24) is 20.0 Å². The molecule has 0 radical (unpaired) electrons. The molecule has 2 aromatic rings. The van der Waals surface area contributed by atoms with Gasteiger partial charge in [0.2, 0.25) is 0 Å². The number of hydrogen-bond donors (Lipinski definition) is 2. The lowest BCUT2D eigenvalue weighted by molar-refractivity contribution is 0.209. The van der Waals surface area contributed by atoms with E-state index in [4.69, 9.17) is 5.11 Å². The Balaban J connectivity index is 2.34. The van der Waals surface area contributed by atoms with Crippen LogP contribution in [-0.4, -0.2) is 31.2 Å². The van der Waals surface area contributed by atoms with Gasteiger partial charge in [0, 0.05) is 6.07 Å². The Morgan fingerprint density at radius 3 is 2.94 bits per heavy atom. The smallest absolute Gasteiger partial charge is 0.409 e. The first-order valence-corrected chi connectivity index (χ1v) is 4.19. The van der Waals surface area contributed by atoms with Crippen LogP contribution in [0, 0.1) is 5.82 Å². The molecule has 7 nitrogen and oxygen atoms in total. The fourth-order valence-electron chi connectivity index (χ4n) is 1.11. The quantitative estimate of drug-likeness (QED) is 0.788. The summed E-state index contributed by atoms with van der Waals surface area (Å²) in [7, 11) is 0. The van der Waals surface area contributed by atoms with Gasteiger partial charge in [-0.1, -0.05) is 5.21 Å². The predicted molar refractivity (Wildman–Crippen MR) is 50.8 cm³/mol. The van der Waals surface area contributed by atoms with Gasteiger partial charge in [-0.05, 0) is 0 Å². The molecule has 0 spiro atoms. The van der Waals surface area contributed by atoms with Crippen molar-refractivity contribution in [3.05, 3.63) is 30.5 Å². The molecule has 0 atom stereocenters. The van der Waals surface area contributed by atoms with Gasteiger partial charge < -0.3 is 5.11 Å². The van der Waals surface area contributed by atoms with Crippen molar-refractivity contribution < 1.29 is 14.3 Å². The summed E-state index contributed by atoms with van der Waals surface area (Å²) in [4.78, 5) is 14.0. The van der Waals surface area contributed by atoms with E-state index in [2.05, 4.69) is 15.3 Å². The summed E-state index contributed by atoms with van der Waals surface area (Å²) in [6.07, 6.45) is 2.71. The Kier molecular flexibility index (Phi) is 2.46.